The van der Waals surface area contributed by atoms with Crippen molar-refractivity contribution in [3.05, 3.63) is 24.2 Å². The van der Waals surface area contributed by atoms with Gasteiger partial charge in [-0.1, -0.05) is 0 Å². The average molecular weight is 276 g/mol. The van der Waals surface area contributed by atoms with Crippen molar-refractivity contribution < 1.29 is 4.42 Å². The van der Waals surface area contributed by atoms with Gasteiger partial charge in [-0.2, -0.15) is 0 Å². The van der Waals surface area contributed by atoms with Gasteiger partial charge in [0, 0.05) is 17.6 Å². The van der Waals surface area contributed by atoms with E-state index in [0.717, 1.165) is 36.9 Å². The van der Waals surface area contributed by atoms with Crippen molar-refractivity contribution >= 4 is 0 Å². The number of hydrogen-bond donors (Lipinski definition) is 1. The van der Waals surface area contributed by atoms with Crippen LogP contribution in [0.15, 0.2) is 22.8 Å². The highest BCUT2D eigenvalue weighted by atomic mass is 16.3. The van der Waals surface area contributed by atoms with Gasteiger partial charge in [0.1, 0.15) is 5.76 Å². The lowest BCUT2D eigenvalue weighted by atomic mass is 9.77. The van der Waals surface area contributed by atoms with Crippen LogP contribution < -0.4 is 5.32 Å². The third-order valence-electron chi connectivity index (χ3n) is 4.63. The van der Waals surface area contributed by atoms with Crippen molar-refractivity contribution in [3.8, 4) is 0 Å². The number of furan rings is 1. The Balaban J connectivity index is 1.57. The van der Waals surface area contributed by atoms with Gasteiger partial charge in [-0.3, -0.25) is 4.90 Å². The Morgan fingerprint density at radius 2 is 2.05 bits per heavy atom. The molecule has 0 saturated heterocycles. The van der Waals surface area contributed by atoms with E-state index in [1.54, 1.807) is 6.26 Å². The molecule has 2 unspecified atom stereocenters. The Bertz CT molecular complexity index is 417. The zero-order valence-corrected chi connectivity index (χ0v) is 13.1. The second-order valence-corrected chi connectivity index (χ2v) is 7.52. The largest absolute Gasteiger partial charge is 0.468 e. The molecule has 2 saturated carbocycles. The predicted octanol–water partition coefficient (Wildman–Crippen LogP) is 3.41. The first kappa shape index (κ1) is 14.2. The van der Waals surface area contributed by atoms with E-state index in [0.29, 0.717) is 0 Å². The summed E-state index contributed by atoms with van der Waals surface area (Å²) >= 11 is 0. The van der Waals surface area contributed by atoms with Crippen LogP contribution in [0, 0.1) is 5.92 Å². The number of nitrogens with zero attached hydrogens (tertiary/aromatic N) is 1. The molecule has 0 radical (unpaired) electrons. The van der Waals surface area contributed by atoms with Crippen LogP contribution in [0.3, 0.4) is 0 Å². The fraction of sp³-hybridized carbons (Fsp3) is 0.765. The predicted molar refractivity (Wildman–Crippen MR) is 81.5 cm³/mol. The van der Waals surface area contributed by atoms with Crippen molar-refractivity contribution in [2.24, 2.45) is 5.92 Å². The summed E-state index contributed by atoms with van der Waals surface area (Å²) in [5.41, 5.74) is 0.228. The van der Waals surface area contributed by atoms with E-state index >= 15 is 0 Å². The molecular formula is C17H28N2O. The zero-order chi connectivity index (χ0) is 14.2. The summed E-state index contributed by atoms with van der Waals surface area (Å²) in [6.07, 6.45) is 7.26. The van der Waals surface area contributed by atoms with Crippen LogP contribution in [-0.4, -0.2) is 29.1 Å². The summed E-state index contributed by atoms with van der Waals surface area (Å²) in [7, 11) is 0. The van der Waals surface area contributed by atoms with E-state index in [1.165, 1.54) is 25.7 Å². The Morgan fingerprint density at radius 3 is 2.55 bits per heavy atom. The van der Waals surface area contributed by atoms with Crippen LogP contribution in [0.5, 0.6) is 0 Å². The molecular weight excluding hydrogens is 248 g/mol. The van der Waals surface area contributed by atoms with Crippen molar-refractivity contribution in [1.82, 2.24) is 10.2 Å². The molecule has 0 aromatic carbocycles. The minimum absolute atomic E-state index is 0.228. The SMILES string of the molecule is CC(C)(C)NCC1CCC1N(Cc1ccco1)C1CC1. The maximum Gasteiger partial charge on any atom is 0.117 e. The van der Waals surface area contributed by atoms with Crippen molar-refractivity contribution in [2.45, 2.75) is 70.6 Å². The van der Waals surface area contributed by atoms with Gasteiger partial charge >= 0.3 is 0 Å². The Kier molecular flexibility index (Phi) is 3.91. The molecule has 0 bridgehead atoms. The first-order chi connectivity index (χ1) is 9.53. The molecule has 0 aliphatic heterocycles. The summed E-state index contributed by atoms with van der Waals surface area (Å²) in [4.78, 5) is 2.71. The summed E-state index contributed by atoms with van der Waals surface area (Å²) in [5, 5.41) is 3.68. The van der Waals surface area contributed by atoms with Crippen LogP contribution in [-0.2, 0) is 6.54 Å². The molecule has 1 aromatic heterocycles. The van der Waals surface area contributed by atoms with E-state index in [-0.39, 0.29) is 5.54 Å². The normalized spacial score (nSPS) is 26.8. The standard InChI is InChI=1S/C17H28N2O/c1-17(2,3)18-11-13-6-9-16(13)19(14-7-8-14)12-15-5-4-10-20-15/h4-5,10,13-14,16,18H,6-9,11-12H2,1-3H3. The monoisotopic (exact) mass is 276 g/mol. The number of hydrogen-bond acceptors (Lipinski definition) is 3. The van der Waals surface area contributed by atoms with Crippen molar-refractivity contribution in [2.75, 3.05) is 6.54 Å². The van der Waals surface area contributed by atoms with Gasteiger partial charge < -0.3 is 9.73 Å². The maximum atomic E-state index is 5.55. The van der Waals surface area contributed by atoms with E-state index in [9.17, 15) is 0 Å². The van der Waals surface area contributed by atoms with Crippen molar-refractivity contribution in [3.63, 3.8) is 0 Å². The second kappa shape index (κ2) is 5.53. The quantitative estimate of drug-likeness (QED) is 0.863. The molecule has 1 heterocycles. The third kappa shape index (κ3) is 3.44. The highest BCUT2D eigenvalue weighted by Gasteiger charge is 2.42. The Morgan fingerprint density at radius 1 is 1.25 bits per heavy atom. The topological polar surface area (TPSA) is 28.4 Å². The molecule has 1 N–H and O–H groups in total. The van der Waals surface area contributed by atoms with Crippen LogP contribution >= 0.6 is 0 Å². The summed E-state index contributed by atoms with van der Waals surface area (Å²) in [6.45, 7) is 8.90. The highest BCUT2D eigenvalue weighted by molar-refractivity contribution is 5.03. The van der Waals surface area contributed by atoms with E-state index in [2.05, 4.69) is 37.1 Å². The van der Waals surface area contributed by atoms with Crippen LogP contribution in [0.4, 0.5) is 0 Å². The average Bonchev–Trinajstić information content (AvgIpc) is 3.04. The van der Waals surface area contributed by atoms with Crippen LogP contribution in [0.2, 0.25) is 0 Å². The van der Waals surface area contributed by atoms with Gasteiger partial charge in [0.2, 0.25) is 0 Å². The first-order valence-corrected chi connectivity index (χ1v) is 8.06. The van der Waals surface area contributed by atoms with Gasteiger partial charge in [-0.25, -0.2) is 0 Å². The van der Waals surface area contributed by atoms with Gasteiger partial charge in [0.05, 0.1) is 12.8 Å². The molecule has 112 valence electrons. The number of nitrogens with one attached hydrogen (secondary N) is 1. The lowest BCUT2D eigenvalue weighted by Gasteiger charge is -2.45. The fourth-order valence-electron chi connectivity index (χ4n) is 3.17. The van der Waals surface area contributed by atoms with Gasteiger partial charge in [0.15, 0.2) is 0 Å². The Hall–Kier alpha value is -0.800. The molecule has 0 amide bonds. The minimum Gasteiger partial charge on any atom is -0.468 e. The van der Waals surface area contributed by atoms with E-state index in [4.69, 9.17) is 4.42 Å². The van der Waals surface area contributed by atoms with Crippen LogP contribution in [0.25, 0.3) is 0 Å². The highest BCUT2D eigenvalue weighted by Crippen LogP contribution is 2.40. The Labute approximate surface area is 122 Å². The minimum atomic E-state index is 0.228. The number of rotatable bonds is 6. The first-order valence-electron chi connectivity index (χ1n) is 8.06. The van der Waals surface area contributed by atoms with Gasteiger partial charge in [-0.15, -0.1) is 0 Å². The van der Waals surface area contributed by atoms with Crippen LogP contribution in [0.1, 0.15) is 52.2 Å². The fourth-order valence-corrected chi connectivity index (χ4v) is 3.17. The molecule has 20 heavy (non-hydrogen) atoms. The van der Waals surface area contributed by atoms with E-state index in [1.807, 2.05) is 6.07 Å². The second-order valence-electron chi connectivity index (χ2n) is 7.52. The molecule has 2 fully saturated rings. The molecule has 1 aromatic rings. The van der Waals surface area contributed by atoms with Gasteiger partial charge in [-0.05, 0) is 71.0 Å². The third-order valence-corrected chi connectivity index (χ3v) is 4.63. The van der Waals surface area contributed by atoms with Crippen molar-refractivity contribution in [1.29, 1.82) is 0 Å². The summed E-state index contributed by atoms with van der Waals surface area (Å²) in [6, 6.07) is 5.67. The molecule has 2 atom stereocenters. The summed E-state index contributed by atoms with van der Waals surface area (Å²) < 4.78 is 5.55. The molecule has 2 aliphatic rings. The zero-order valence-electron chi connectivity index (χ0n) is 13.1. The molecule has 3 nitrogen and oxygen atoms in total. The molecule has 3 rings (SSSR count). The molecule has 3 heteroatoms. The maximum absolute atomic E-state index is 5.55. The lowest BCUT2D eigenvalue weighted by Crippen LogP contribution is -2.53. The smallest absolute Gasteiger partial charge is 0.117 e. The summed E-state index contributed by atoms with van der Waals surface area (Å²) in [5.74, 6) is 1.93. The lowest BCUT2D eigenvalue weighted by molar-refractivity contribution is 0.0403. The molecule has 0 spiro atoms. The van der Waals surface area contributed by atoms with Gasteiger partial charge in [0.25, 0.3) is 0 Å². The van der Waals surface area contributed by atoms with E-state index < -0.39 is 0 Å². The molecule has 2 aliphatic carbocycles.